The van der Waals surface area contributed by atoms with Crippen LogP contribution in [-0.4, -0.2) is 32.2 Å². The van der Waals surface area contributed by atoms with E-state index in [2.05, 4.69) is 0 Å². The Bertz CT molecular complexity index is 1260. The third-order valence-corrected chi connectivity index (χ3v) is 6.66. The summed E-state index contributed by atoms with van der Waals surface area (Å²) in [7, 11) is 0. The van der Waals surface area contributed by atoms with Gasteiger partial charge in [-0.25, -0.2) is 4.79 Å². The van der Waals surface area contributed by atoms with Gasteiger partial charge in [0.15, 0.2) is 0 Å². The molecule has 0 saturated carbocycles. The van der Waals surface area contributed by atoms with Gasteiger partial charge < -0.3 is 14.6 Å². The topological polar surface area (TPSA) is 76.1 Å². The van der Waals surface area contributed by atoms with E-state index in [9.17, 15) is 14.7 Å². The summed E-state index contributed by atoms with van der Waals surface area (Å²) in [5.41, 5.74) is 2.70. The van der Waals surface area contributed by atoms with Gasteiger partial charge in [-0.1, -0.05) is 84.6 Å². The number of carboxylic acids is 1. The first-order valence-corrected chi connectivity index (χ1v) is 12.1. The molecule has 1 aliphatic heterocycles. The summed E-state index contributed by atoms with van der Waals surface area (Å²) in [6, 6.07) is 24.0. The third-order valence-electron chi connectivity index (χ3n) is 5.33. The molecule has 35 heavy (non-hydrogen) atoms. The van der Waals surface area contributed by atoms with Gasteiger partial charge in [-0.3, -0.25) is 9.69 Å². The summed E-state index contributed by atoms with van der Waals surface area (Å²) in [5.74, 6) is -0.389. The number of thiocarbonyl (C=S) groups is 1. The fraction of sp³-hybridized carbons (Fsp3) is 0.148. The van der Waals surface area contributed by atoms with Crippen LogP contribution in [0.1, 0.15) is 23.6 Å². The van der Waals surface area contributed by atoms with Crippen molar-refractivity contribution in [2.45, 2.75) is 26.2 Å². The Hall–Kier alpha value is -3.62. The quantitative estimate of drug-likeness (QED) is 0.303. The third kappa shape index (κ3) is 6.09. The van der Waals surface area contributed by atoms with Crippen molar-refractivity contribution in [1.82, 2.24) is 4.90 Å². The highest BCUT2D eigenvalue weighted by molar-refractivity contribution is 8.26. The summed E-state index contributed by atoms with van der Waals surface area (Å²) < 4.78 is 12.3. The Morgan fingerprint density at radius 3 is 2.20 bits per heavy atom. The van der Waals surface area contributed by atoms with Gasteiger partial charge in [-0.2, -0.15) is 0 Å². The summed E-state index contributed by atoms with van der Waals surface area (Å²) in [6.07, 6.45) is 1.68. The maximum atomic E-state index is 12.9. The molecule has 3 aromatic rings. The number of hydrogen-bond acceptors (Lipinski definition) is 6. The fourth-order valence-electron chi connectivity index (χ4n) is 3.39. The van der Waals surface area contributed by atoms with Gasteiger partial charge in [0.1, 0.15) is 35.1 Å². The predicted octanol–water partition coefficient (Wildman–Crippen LogP) is 5.52. The van der Waals surface area contributed by atoms with Gasteiger partial charge in [0, 0.05) is 11.6 Å². The van der Waals surface area contributed by atoms with Crippen LogP contribution in [-0.2, 0) is 22.8 Å². The molecule has 1 amide bonds. The van der Waals surface area contributed by atoms with Crippen molar-refractivity contribution in [2.75, 3.05) is 0 Å². The lowest BCUT2D eigenvalue weighted by Crippen LogP contribution is -2.41. The minimum absolute atomic E-state index is 0.214. The zero-order valence-electron chi connectivity index (χ0n) is 18.9. The monoisotopic (exact) mass is 505 g/mol. The molecule has 4 rings (SSSR count). The maximum absolute atomic E-state index is 12.9. The van der Waals surface area contributed by atoms with E-state index in [1.807, 2.05) is 72.8 Å². The molecule has 1 N–H and O–H groups in total. The van der Waals surface area contributed by atoms with Gasteiger partial charge in [0.05, 0.1) is 4.91 Å². The molecule has 1 unspecified atom stereocenters. The lowest BCUT2D eigenvalue weighted by Gasteiger charge is -2.18. The lowest BCUT2D eigenvalue weighted by molar-refractivity contribution is -0.144. The minimum atomic E-state index is -1.12. The number of nitrogens with zero attached hydrogens (tertiary/aromatic N) is 1. The molecule has 1 heterocycles. The zero-order valence-corrected chi connectivity index (χ0v) is 20.6. The molecule has 0 spiro atoms. The molecule has 178 valence electrons. The Morgan fingerprint density at radius 2 is 1.60 bits per heavy atom. The van der Waals surface area contributed by atoms with Crippen LogP contribution in [0.5, 0.6) is 11.5 Å². The van der Waals surface area contributed by atoms with E-state index in [1.165, 1.54) is 6.92 Å². The SMILES string of the molecule is CC(C(=O)O)N1C(=O)C(=Cc2ccc(OCc3ccccc3)cc2OCc2ccccc2)SC1=S. The summed E-state index contributed by atoms with van der Waals surface area (Å²) >= 11 is 6.34. The molecule has 0 radical (unpaired) electrons. The Labute approximate surface area is 213 Å². The maximum Gasteiger partial charge on any atom is 0.326 e. The van der Waals surface area contributed by atoms with Crippen LogP contribution in [0.4, 0.5) is 0 Å². The van der Waals surface area contributed by atoms with Crippen LogP contribution < -0.4 is 9.47 Å². The molecule has 6 nitrogen and oxygen atoms in total. The van der Waals surface area contributed by atoms with Gasteiger partial charge in [-0.05, 0) is 36.3 Å². The summed E-state index contributed by atoms with van der Waals surface area (Å²) in [5, 5.41) is 9.32. The van der Waals surface area contributed by atoms with Crippen molar-refractivity contribution in [3.8, 4) is 11.5 Å². The summed E-state index contributed by atoms with van der Waals surface area (Å²) in [6.45, 7) is 2.17. The first-order chi connectivity index (χ1) is 16.9. The second kappa shape index (κ2) is 11.2. The van der Waals surface area contributed by atoms with Gasteiger partial charge in [-0.15, -0.1) is 0 Å². The van der Waals surface area contributed by atoms with E-state index in [4.69, 9.17) is 21.7 Å². The average molecular weight is 506 g/mol. The number of hydrogen-bond donors (Lipinski definition) is 1. The fourth-order valence-corrected chi connectivity index (χ4v) is 4.80. The van der Waals surface area contributed by atoms with Crippen molar-refractivity contribution in [2.24, 2.45) is 0 Å². The number of aliphatic carboxylic acids is 1. The Morgan fingerprint density at radius 1 is 1.00 bits per heavy atom. The van der Waals surface area contributed by atoms with E-state index >= 15 is 0 Å². The van der Waals surface area contributed by atoms with E-state index in [-0.39, 0.29) is 4.32 Å². The molecule has 0 aromatic heterocycles. The first kappa shape index (κ1) is 24.5. The molecule has 0 bridgehead atoms. The van der Waals surface area contributed by atoms with Gasteiger partial charge in [0.2, 0.25) is 0 Å². The van der Waals surface area contributed by atoms with Crippen LogP contribution in [0.2, 0.25) is 0 Å². The highest BCUT2D eigenvalue weighted by Gasteiger charge is 2.38. The van der Waals surface area contributed by atoms with Crippen LogP contribution >= 0.6 is 24.0 Å². The van der Waals surface area contributed by atoms with Gasteiger partial charge >= 0.3 is 5.97 Å². The molecule has 1 fully saturated rings. The highest BCUT2D eigenvalue weighted by Crippen LogP contribution is 2.36. The molecule has 1 atom stereocenters. The minimum Gasteiger partial charge on any atom is -0.489 e. The highest BCUT2D eigenvalue weighted by atomic mass is 32.2. The summed E-state index contributed by atoms with van der Waals surface area (Å²) in [4.78, 5) is 25.8. The van der Waals surface area contributed by atoms with Crippen LogP contribution in [0.15, 0.2) is 83.8 Å². The van der Waals surface area contributed by atoms with E-state index in [1.54, 1.807) is 12.1 Å². The van der Waals surface area contributed by atoms with Crippen molar-refractivity contribution in [3.05, 3.63) is 100 Å². The number of rotatable bonds is 9. The van der Waals surface area contributed by atoms with E-state index < -0.39 is 17.9 Å². The number of benzene rings is 3. The number of carbonyl (C=O) groups excluding carboxylic acids is 1. The second-order valence-corrected chi connectivity index (χ2v) is 9.49. The second-order valence-electron chi connectivity index (χ2n) is 7.81. The molecule has 3 aromatic carbocycles. The smallest absolute Gasteiger partial charge is 0.326 e. The van der Waals surface area contributed by atoms with Crippen molar-refractivity contribution < 1.29 is 24.2 Å². The number of amides is 1. The zero-order chi connectivity index (χ0) is 24.8. The molecular formula is C27H23NO5S2. The predicted molar refractivity (Wildman–Crippen MR) is 140 cm³/mol. The molecule has 8 heteroatoms. The standard InChI is InChI=1S/C27H23NO5S2/c1-18(26(30)31)28-25(29)24(35-27(28)34)14-21-12-13-22(32-16-19-8-4-2-5-9-19)15-23(21)33-17-20-10-6-3-7-11-20/h2-15,18H,16-17H2,1H3,(H,30,31). The first-order valence-electron chi connectivity index (χ1n) is 10.9. The largest absolute Gasteiger partial charge is 0.489 e. The van der Waals surface area contributed by atoms with Crippen molar-refractivity contribution in [1.29, 1.82) is 0 Å². The van der Waals surface area contributed by atoms with Crippen molar-refractivity contribution in [3.63, 3.8) is 0 Å². The van der Waals surface area contributed by atoms with E-state index in [0.717, 1.165) is 27.8 Å². The molecule has 1 aliphatic rings. The van der Waals surface area contributed by atoms with Crippen LogP contribution in [0.3, 0.4) is 0 Å². The van der Waals surface area contributed by atoms with E-state index in [0.29, 0.717) is 35.2 Å². The molecular weight excluding hydrogens is 482 g/mol. The number of carbonyl (C=O) groups is 2. The lowest BCUT2D eigenvalue weighted by atomic mass is 10.1. The van der Waals surface area contributed by atoms with Crippen LogP contribution in [0.25, 0.3) is 6.08 Å². The Balaban J connectivity index is 1.60. The Kier molecular flexibility index (Phi) is 7.84. The molecule has 0 aliphatic carbocycles. The normalized spacial score (nSPS) is 15.3. The molecule has 1 saturated heterocycles. The number of ether oxygens (including phenoxy) is 2. The number of carboxylic acid groups (broad SMARTS) is 1. The van der Waals surface area contributed by atoms with Gasteiger partial charge in [0.25, 0.3) is 5.91 Å². The van der Waals surface area contributed by atoms with Crippen molar-refractivity contribution >= 4 is 46.3 Å². The average Bonchev–Trinajstić information content (AvgIpc) is 3.15. The van der Waals surface area contributed by atoms with Crippen LogP contribution in [0, 0.1) is 0 Å². The number of thioether (sulfide) groups is 1.